The molecule has 0 aliphatic rings. The van der Waals surface area contributed by atoms with Crippen molar-refractivity contribution in [3.8, 4) is 5.75 Å². The average Bonchev–Trinajstić information content (AvgIpc) is 3.09. The molecule has 2 heterocycles. The van der Waals surface area contributed by atoms with Gasteiger partial charge in [-0.25, -0.2) is 14.6 Å². The normalized spacial score (nSPS) is 10.7. The van der Waals surface area contributed by atoms with Gasteiger partial charge in [0.2, 0.25) is 0 Å². The summed E-state index contributed by atoms with van der Waals surface area (Å²) in [5.41, 5.74) is 8.11. The van der Waals surface area contributed by atoms with Gasteiger partial charge < -0.3 is 15.8 Å². The highest BCUT2D eigenvalue weighted by Crippen LogP contribution is 2.21. The lowest BCUT2D eigenvalue weighted by atomic mass is 10.2. The molecule has 146 valence electrons. The summed E-state index contributed by atoms with van der Waals surface area (Å²) < 4.78 is 7.12. The van der Waals surface area contributed by atoms with Crippen LogP contribution in [-0.4, -0.2) is 37.5 Å². The van der Waals surface area contributed by atoms with Crippen LogP contribution in [0.4, 0.5) is 5.82 Å². The van der Waals surface area contributed by atoms with E-state index in [1.54, 1.807) is 42.2 Å². The summed E-state index contributed by atoms with van der Waals surface area (Å²) in [6.45, 7) is 4.17. The number of hydrogen-bond donors (Lipinski definition) is 2. The van der Waals surface area contributed by atoms with Gasteiger partial charge in [0.1, 0.15) is 23.1 Å². The minimum Gasteiger partial charge on any atom is -0.484 e. The molecule has 3 N–H and O–H groups in total. The van der Waals surface area contributed by atoms with Gasteiger partial charge in [-0.3, -0.25) is 4.79 Å². The first-order chi connectivity index (χ1) is 13.4. The van der Waals surface area contributed by atoms with E-state index in [1.165, 1.54) is 0 Å². The molecule has 0 fully saturated rings. The van der Waals surface area contributed by atoms with E-state index in [9.17, 15) is 4.79 Å². The van der Waals surface area contributed by atoms with Crippen LogP contribution in [0.2, 0.25) is 5.02 Å². The van der Waals surface area contributed by atoms with Crippen molar-refractivity contribution in [2.75, 3.05) is 12.3 Å². The van der Waals surface area contributed by atoms with E-state index in [4.69, 9.17) is 22.1 Å². The number of aryl methyl sites for hydroxylation is 2. The van der Waals surface area contributed by atoms with Crippen LogP contribution in [0.5, 0.6) is 5.75 Å². The van der Waals surface area contributed by atoms with Crippen LogP contribution < -0.4 is 15.8 Å². The van der Waals surface area contributed by atoms with E-state index in [0.717, 1.165) is 11.1 Å². The second-order valence-electron chi connectivity index (χ2n) is 6.21. The molecule has 0 unspecified atom stereocenters. The fourth-order valence-electron chi connectivity index (χ4n) is 2.46. The van der Waals surface area contributed by atoms with Gasteiger partial charge in [0.25, 0.3) is 5.91 Å². The van der Waals surface area contributed by atoms with Gasteiger partial charge in [0.15, 0.2) is 6.61 Å². The van der Waals surface area contributed by atoms with Crippen molar-refractivity contribution in [3.05, 3.63) is 58.3 Å². The van der Waals surface area contributed by atoms with E-state index in [-0.39, 0.29) is 19.1 Å². The summed E-state index contributed by atoms with van der Waals surface area (Å²) in [4.78, 5) is 20.2. The molecule has 1 amide bonds. The Balaban J connectivity index is 1.49. The molecule has 0 bridgehead atoms. The maximum Gasteiger partial charge on any atom is 0.258 e. The Labute approximate surface area is 166 Å². The minimum absolute atomic E-state index is 0.103. The fraction of sp³-hybridized carbons (Fsp3) is 0.278. The van der Waals surface area contributed by atoms with Crippen molar-refractivity contribution in [2.24, 2.45) is 0 Å². The Morgan fingerprint density at radius 1 is 1.36 bits per heavy atom. The lowest BCUT2D eigenvalue weighted by Crippen LogP contribution is -2.28. The Bertz CT molecular complexity index is 990. The number of carbonyl (C=O) groups excluding carboxylic acids is 1. The van der Waals surface area contributed by atoms with Gasteiger partial charge in [-0.2, -0.15) is 0 Å². The molecule has 28 heavy (non-hydrogen) atoms. The first kappa shape index (κ1) is 19.6. The van der Waals surface area contributed by atoms with Gasteiger partial charge in [0.05, 0.1) is 19.3 Å². The van der Waals surface area contributed by atoms with Crippen molar-refractivity contribution in [1.29, 1.82) is 0 Å². The number of aromatic nitrogens is 5. The van der Waals surface area contributed by atoms with Crippen molar-refractivity contribution < 1.29 is 9.53 Å². The zero-order valence-corrected chi connectivity index (χ0v) is 16.3. The van der Waals surface area contributed by atoms with Gasteiger partial charge in [-0.15, -0.1) is 5.10 Å². The van der Waals surface area contributed by atoms with Gasteiger partial charge >= 0.3 is 0 Å². The Kier molecular flexibility index (Phi) is 6.05. The molecule has 0 atom stereocenters. The standard InChI is InChI=1S/C18H20ClN7O2/c1-11-5-14(19)3-4-16(11)28-10-17(27)22-7-15-9-26(25-24-15)8-13-6-21-12(2)23-18(13)20/h3-6,9H,7-8,10H2,1-2H3,(H,22,27)(H2,20,21,23). The smallest absolute Gasteiger partial charge is 0.258 e. The van der Waals surface area contributed by atoms with Crippen LogP contribution in [0, 0.1) is 13.8 Å². The zero-order chi connectivity index (χ0) is 20.1. The molecule has 0 saturated heterocycles. The molecule has 0 spiro atoms. The molecular formula is C18H20ClN7O2. The van der Waals surface area contributed by atoms with Crippen molar-refractivity contribution in [2.45, 2.75) is 26.9 Å². The lowest BCUT2D eigenvalue weighted by Gasteiger charge is -2.09. The van der Waals surface area contributed by atoms with Gasteiger partial charge in [-0.1, -0.05) is 16.8 Å². The van der Waals surface area contributed by atoms with E-state index >= 15 is 0 Å². The van der Waals surface area contributed by atoms with Crippen molar-refractivity contribution >= 4 is 23.3 Å². The molecule has 0 radical (unpaired) electrons. The molecule has 2 aromatic heterocycles. The summed E-state index contributed by atoms with van der Waals surface area (Å²) in [6, 6.07) is 5.22. The highest BCUT2D eigenvalue weighted by Gasteiger charge is 2.09. The highest BCUT2D eigenvalue weighted by molar-refractivity contribution is 6.30. The van der Waals surface area contributed by atoms with E-state index in [1.807, 2.05) is 6.92 Å². The molecule has 0 aliphatic heterocycles. The van der Waals surface area contributed by atoms with Gasteiger partial charge in [-0.05, 0) is 37.6 Å². The molecular weight excluding hydrogens is 382 g/mol. The number of carbonyl (C=O) groups is 1. The number of nitrogens with two attached hydrogens (primary N) is 1. The number of benzene rings is 1. The number of nitrogens with one attached hydrogen (secondary N) is 1. The predicted molar refractivity (Wildman–Crippen MR) is 104 cm³/mol. The predicted octanol–water partition coefficient (Wildman–Crippen LogP) is 1.66. The summed E-state index contributed by atoms with van der Waals surface area (Å²) >= 11 is 5.90. The summed E-state index contributed by atoms with van der Waals surface area (Å²) in [6.07, 6.45) is 3.39. The van der Waals surface area contributed by atoms with Crippen molar-refractivity contribution in [3.63, 3.8) is 0 Å². The maximum absolute atomic E-state index is 12.0. The van der Waals surface area contributed by atoms with Crippen LogP contribution in [0.3, 0.4) is 0 Å². The SMILES string of the molecule is Cc1ncc(Cn2cc(CNC(=O)COc3ccc(Cl)cc3C)nn2)c(N)n1. The Hall–Kier alpha value is -3.20. The minimum atomic E-state index is -0.264. The summed E-state index contributed by atoms with van der Waals surface area (Å²) in [5, 5.41) is 11.4. The van der Waals surface area contributed by atoms with Crippen LogP contribution in [0.25, 0.3) is 0 Å². The highest BCUT2D eigenvalue weighted by atomic mass is 35.5. The van der Waals surface area contributed by atoms with Crippen molar-refractivity contribution in [1.82, 2.24) is 30.3 Å². The van der Waals surface area contributed by atoms with Crippen LogP contribution in [0.1, 0.15) is 22.6 Å². The molecule has 0 saturated carbocycles. The zero-order valence-electron chi connectivity index (χ0n) is 15.5. The monoisotopic (exact) mass is 401 g/mol. The number of nitrogen functional groups attached to an aromatic ring is 1. The first-order valence-electron chi connectivity index (χ1n) is 8.53. The molecule has 1 aromatic carbocycles. The van der Waals surface area contributed by atoms with Crippen LogP contribution >= 0.6 is 11.6 Å². The molecule has 9 nitrogen and oxygen atoms in total. The number of ether oxygens (including phenoxy) is 1. The topological polar surface area (TPSA) is 121 Å². The number of hydrogen-bond acceptors (Lipinski definition) is 7. The molecule has 10 heteroatoms. The van der Waals surface area contributed by atoms with E-state index in [0.29, 0.717) is 34.7 Å². The number of amides is 1. The molecule has 3 aromatic rings. The summed E-state index contributed by atoms with van der Waals surface area (Å²) in [7, 11) is 0. The Morgan fingerprint density at radius 3 is 2.93 bits per heavy atom. The lowest BCUT2D eigenvalue weighted by molar-refractivity contribution is -0.123. The summed E-state index contributed by atoms with van der Waals surface area (Å²) in [5.74, 6) is 1.37. The van der Waals surface area contributed by atoms with E-state index in [2.05, 4.69) is 25.6 Å². The quantitative estimate of drug-likeness (QED) is 0.617. The fourth-order valence-corrected chi connectivity index (χ4v) is 2.69. The first-order valence-corrected chi connectivity index (χ1v) is 8.91. The number of anilines is 1. The third-order valence-corrected chi connectivity index (χ3v) is 4.13. The Morgan fingerprint density at radius 2 is 2.18 bits per heavy atom. The second-order valence-corrected chi connectivity index (χ2v) is 6.65. The second kappa shape index (κ2) is 8.66. The van der Waals surface area contributed by atoms with E-state index < -0.39 is 0 Å². The average molecular weight is 402 g/mol. The number of halogens is 1. The third-order valence-electron chi connectivity index (χ3n) is 3.90. The largest absolute Gasteiger partial charge is 0.484 e. The van der Waals surface area contributed by atoms with Crippen LogP contribution in [-0.2, 0) is 17.9 Å². The third kappa shape index (κ3) is 5.17. The molecule has 3 rings (SSSR count). The maximum atomic E-state index is 12.0. The van der Waals surface area contributed by atoms with Crippen LogP contribution in [0.15, 0.2) is 30.6 Å². The molecule has 0 aliphatic carbocycles. The van der Waals surface area contributed by atoms with Gasteiger partial charge in [0, 0.05) is 16.8 Å². The number of rotatable bonds is 7. The number of nitrogens with zero attached hydrogens (tertiary/aromatic N) is 5.